The van der Waals surface area contributed by atoms with E-state index in [0.29, 0.717) is 11.6 Å². The highest BCUT2D eigenvalue weighted by Gasteiger charge is 2.20. The number of nitrogens with zero attached hydrogens (tertiary/aromatic N) is 3. The van der Waals surface area contributed by atoms with E-state index in [2.05, 4.69) is 44.5 Å². The van der Waals surface area contributed by atoms with Crippen LogP contribution < -0.4 is 10.2 Å². The number of aryl methyl sites for hydroxylation is 1. The molecule has 0 saturated carbocycles. The van der Waals surface area contributed by atoms with Gasteiger partial charge in [0.1, 0.15) is 5.69 Å². The second kappa shape index (κ2) is 6.99. The van der Waals surface area contributed by atoms with Crippen LogP contribution in [0.4, 0.5) is 5.95 Å². The number of aromatic nitrogens is 2. The number of amides is 1. The normalized spacial score (nSPS) is 14.9. The van der Waals surface area contributed by atoms with E-state index in [0.717, 1.165) is 31.6 Å². The van der Waals surface area contributed by atoms with Crippen LogP contribution in [0.5, 0.6) is 0 Å². The number of rotatable bonds is 4. The average Bonchev–Trinajstić information content (AvgIpc) is 2.60. The number of benzene rings is 1. The lowest BCUT2D eigenvalue weighted by atomic mass is 10.0. The zero-order chi connectivity index (χ0) is 17.1. The monoisotopic (exact) mass is 324 g/mol. The first-order chi connectivity index (χ1) is 11.6. The van der Waals surface area contributed by atoms with Gasteiger partial charge in [0.25, 0.3) is 5.91 Å². The maximum absolute atomic E-state index is 12.4. The van der Waals surface area contributed by atoms with E-state index in [1.807, 2.05) is 20.8 Å². The molecule has 5 heteroatoms. The number of carbonyl (C=O) groups excluding carboxylic acids is 1. The van der Waals surface area contributed by atoms with Crippen LogP contribution in [0.1, 0.15) is 47.6 Å². The number of anilines is 1. The van der Waals surface area contributed by atoms with Gasteiger partial charge < -0.3 is 10.2 Å². The lowest BCUT2D eigenvalue weighted by Gasteiger charge is -2.29. The Hall–Kier alpha value is -2.43. The van der Waals surface area contributed by atoms with E-state index in [4.69, 9.17) is 0 Å². The van der Waals surface area contributed by atoms with Gasteiger partial charge in [-0.2, -0.15) is 0 Å². The molecule has 1 amide bonds. The summed E-state index contributed by atoms with van der Waals surface area (Å²) < 4.78 is 0. The summed E-state index contributed by atoms with van der Waals surface area (Å²) in [6, 6.07) is 10.3. The lowest BCUT2D eigenvalue weighted by Crippen LogP contribution is -2.35. The number of hydrogen-bond acceptors (Lipinski definition) is 4. The van der Waals surface area contributed by atoms with Crippen molar-refractivity contribution in [1.29, 1.82) is 0 Å². The predicted molar refractivity (Wildman–Crippen MR) is 95.2 cm³/mol. The molecule has 2 heterocycles. The minimum absolute atomic E-state index is 0.131. The Kier molecular flexibility index (Phi) is 4.79. The van der Waals surface area contributed by atoms with E-state index < -0.39 is 0 Å². The lowest BCUT2D eigenvalue weighted by molar-refractivity contribution is 0.0934. The van der Waals surface area contributed by atoms with Gasteiger partial charge in [0.05, 0.1) is 0 Å². The molecule has 1 aromatic heterocycles. The second-order valence-corrected chi connectivity index (χ2v) is 6.42. The van der Waals surface area contributed by atoms with Crippen molar-refractivity contribution in [1.82, 2.24) is 15.3 Å². The fourth-order valence-corrected chi connectivity index (χ4v) is 2.88. The van der Waals surface area contributed by atoms with Crippen molar-refractivity contribution in [3.63, 3.8) is 0 Å². The predicted octanol–water partition coefficient (Wildman–Crippen LogP) is 2.88. The Bertz CT molecular complexity index is 744. The van der Waals surface area contributed by atoms with Crippen LogP contribution >= 0.6 is 0 Å². The first-order valence-corrected chi connectivity index (χ1v) is 8.55. The van der Waals surface area contributed by atoms with E-state index in [1.165, 1.54) is 11.1 Å². The summed E-state index contributed by atoms with van der Waals surface area (Å²) in [4.78, 5) is 23.6. The minimum Gasteiger partial charge on any atom is -0.348 e. The maximum Gasteiger partial charge on any atom is 0.270 e. The van der Waals surface area contributed by atoms with E-state index in [9.17, 15) is 4.79 Å². The Balaban J connectivity index is 1.83. The fourth-order valence-electron chi connectivity index (χ4n) is 2.88. The molecule has 1 atom stereocenters. The quantitative estimate of drug-likeness (QED) is 0.939. The third-order valence-corrected chi connectivity index (χ3v) is 4.48. The van der Waals surface area contributed by atoms with Crippen molar-refractivity contribution in [2.75, 3.05) is 11.4 Å². The van der Waals surface area contributed by atoms with Gasteiger partial charge in [-0.05, 0) is 43.9 Å². The molecule has 0 saturated heterocycles. The molecule has 0 spiro atoms. The summed E-state index contributed by atoms with van der Waals surface area (Å²) >= 11 is 0. The molecule has 24 heavy (non-hydrogen) atoms. The van der Waals surface area contributed by atoms with Crippen LogP contribution in [0.3, 0.4) is 0 Å². The van der Waals surface area contributed by atoms with Gasteiger partial charge in [-0.15, -0.1) is 0 Å². The van der Waals surface area contributed by atoms with Crippen molar-refractivity contribution in [3.8, 4) is 0 Å². The third-order valence-electron chi connectivity index (χ3n) is 4.48. The van der Waals surface area contributed by atoms with Gasteiger partial charge in [0, 0.05) is 24.8 Å². The van der Waals surface area contributed by atoms with Crippen LogP contribution in [0.25, 0.3) is 0 Å². The highest BCUT2D eigenvalue weighted by molar-refractivity contribution is 5.92. The molecule has 2 aromatic rings. The standard InChI is InChI=1S/C19H24N4O/c1-4-13(2)20-18(24)17-11-14(3)21-19(22-17)23-10-9-15-7-5-6-8-16(15)12-23/h5-8,11,13H,4,9-10,12H2,1-3H3,(H,20,24). The zero-order valence-electron chi connectivity index (χ0n) is 14.5. The Morgan fingerprint density at radius 1 is 1.29 bits per heavy atom. The van der Waals surface area contributed by atoms with Gasteiger partial charge >= 0.3 is 0 Å². The van der Waals surface area contributed by atoms with Gasteiger partial charge in [-0.3, -0.25) is 4.79 Å². The third kappa shape index (κ3) is 3.55. The Labute approximate surface area is 143 Å². The van der Waals surface area contributed by atoms with Crippen molar-refractivity contribution in [3.05, 3.63) is 52.8 Å². The highest BCUT2D eigenvalue weighted by atomic mass is 16.1. The van der Waals surface area contributed by atoms with Crippen LogP contribution in [0, 0.1) is 6.92 Å². The molecule has 126 valence electrons. The van der Waals surface area contributed by atoms with Crippen molar-refractivity contribution in [2.45, 2.75) is 46.2 Å². The highest BCUT2D eigenvalue weighted by Crippen LogP contribution is 2.22. The maximum atomic E-state index is 12.4. The smallest absolute Gasteiger partial charge is 0.270 e. The molecular formula is C19H24N4O. The summed E-state index contributed by atoms with van der Waals surface area (Å²) in [5.74, 6) is 0.507. The Morgan fingerprint density at radius 2 is 2.04 bits per heavy atom. The molecule has 0 fully saturated rings. The van der Waals surface area contributed by atoms with Crippen LogP contribution in [-0.2, 0) is 13.0 Å². The van der Waals surface area contributed by atoms with E-state index >= 15 is 0 Å². The molecule has 3 rings (SSSR count). The summed E-state index contributed by atoms with van der Waals surface area (Å²) in [6.45, 7) is 7.60. The largest absolute Gasteiger partial charge is 0.348 e. The molecule has 0 radical (unpaired) electrons. The summed E-state index contributed by atoms with van der Waals surface area (Å²) in [6.07, 6.45) is 1.87. The number of nitrogens with one attached hydrogen (secondary N) is 1. The van der Waals surface area contributed by atoms with Crippen LogP contribution in [0.15, 0.2) is 30.3 Å². The first kappa shape index (κ1) is 16.4. The first-order valence-electron chi connectivity index (χ1n) is 8.55. The van der Waals surface area contributed by atoms with Gasteiger partial charge in [0.2, 0.25) is 5.95 Å². The average molecular weight is 324 g/mol. The molecule has 5 nitrogen and oxygen atoms in total. The number of hydrogen-bond donors (Lipinski definition) is 1. The van der Waals surface area contributed by atoms with Gasteiger partial charge in [-0.1, -0.05) is 31.2 Å². The molecule has 0 aliphatic carbocycles. The molecule has 1 N–H and O–H groups in total. The summed E-state index contributed by atoms with van der Waals surface area (Å²) in [7, 11) is 0. The topological polar surface area (TPSA) is 58.1 Å². The SMILES string of the molecule is CCC(C)NC(=O)c1cc(C)nc(N2CCc3ccccc3C2)n1. The van der Waals surface area contributed by atoms with E-state index in [-0.39, 0.29) is 11.9 Å². The minimum atomic E-state index is -0.131. The van der Waals surface area contributed by atoms with Gasteiger partial charge in [-0.25, -0.2) is 9.97 Å². The summed E-state index contributed by atoms with van der Waals surface area (Å²) in [5, 5.41) is 2.97. The summed E-state index contributed by atoms with van der Waals surface area (Å²) in [5.41, 5.74) is 3.94. The van der Waals surface area contributed by atoms with Crippen molar-refractivity contribution >= 4 is 11.9 Å². The zero-order valence-corrected chi connectivity index (χ0v) is 14.5. The van der Waals surface area contributed by atoms with Crippen LogP contribution in [0.2, 0.25) is 0 Å². The Morgan fingerprint density at radius 3 is 2.79 bits per heavy atom. The van der Waals surface area contributed by atoms with Crippen molar-refractivity contribution in [2.24, 2.45) is 0 Å². The van der Waals surface area contributed by atoms with Crippen LogP contribution in [-0.4, -0.2) is 28.5 Å². The fraction of sp³-hybridized carbons (Fsp3) is 0.421. The molecule has 1 aliphatic rings. The molecule has 1 aliphatic heterocycles. The molecular weight excluding hydrogens is 300 g/mol. The number of fused-ring (bicyclic) bond motifs is 1. The second-order valence-electron chi connectivity index (χ2n) is 6.42. The number of carbonyl (C=O) groups is 1. The molecule has 1 aromatic carbocycles. The van der Waals surface area contributed by atoms with E-state index in [1.54, 1.807) is 6.07 Å². The van der Waals surface area contributed by atoms with Gasteiger partial charge in [0.15, 0.2) is 0 Å². The molecule has 0 bridgehead atoms. The molecule has 1 unspecified atom stereocenters. The van der Waals surface area contributed by atoms with Crippen molar-refractivity contribution < 1.29 is 4.79 Å².